The minimum absolute atomic E-state index is 0.105. The summed E-state index contributed by atoms with van der Waals surface area (Å²) in [5.41, 5.74) is 1.30. The number of hydrogen-bond donors (Lipinski definition) is 0. The minimum atomic E-state index is -0.507. The summed E-state index contributed by atoms with van der Waals surface area (Å²) < 4.78 is 5.45. The van der Waals surface area contributed by atoms with Gasteiger partial charge in [0.25, 0.3) is 0 Å². The first-order chi connectivity index (χ1) is 14.1. The van der Waals surface area contributed by atoms with E-state index in [1.165, 1.54) is 18.5 Å². The lowest BCUT2D eigenvalue weighted by atomic mass is 10.1. The molecule has 1 fully saturated rings. The second-order valence-corrected chi connectivity index (χ2v) is 7.79. The van der Waals surface area contributed by atoms with E-state index in [1.807, 2.05) is 41.5 Å². The van der Waals surface area contributed by atoms with Gasteiger partial charge in [0.1, 0.15) is 17.7 Å². The van der Waals surface area contributed by atoms with E-state index in [9.17, 15) is 9.59 Å². The number of amides is 2. The molecule has 0 saturated carbocycles. The first kappa shape index (κ1) is 25.6. The second kappa shape index (κ2) is 11.7. The van der Waals surface area contributed by atoms with E-state index in [0.717, 1.165) is 17.1 Å². The Hall–Kier alpha value is -2.42. The SMILES string of the molecule is CC.CON(C)C(=O)CCc1c(C)ncnc1N1CCN(C(=O)OC(C)(C)C)CC1. The third-order valence-electron chi connectivity index (χ3n) is 4.58. The summed E-state index contributed by atoms with van der Waals surface area (Å²) >= 11 is 0. The summed E-state index contributed by atoms with van der Waals surface area (Å²) in [6, 6.07) is 0. The molecule has 1 aliphatic heterocycles. The molecule has 2 rings (SSSR count). The molecule has 2 heterocycles. The molecule has 0 spiro atoms. The largest absolute Gasteiger partial charge is 0.444 e. The molecular formula is C21H37N5O4. The van der Waals surface area contributed by atoms with Gasteiger partial charge in [0.05, 0.1) is 7.11 Å². The normalized spacial score (nSPS) is 14.0. The molecule has 9 heteroatoms. The summed E-state index contributed by atoms with van der Waals surface area (Å²) in [6.07, 6.45) is 2.08. The number of hydrogen-bond acceptors (Lipinski definition) is 7. The number of ether oxygens (including phenoxy) is 1. The van der Waals surface area contributed by atoms with Gasteiger partial charge in [-0.05, 0) is 34.1 Å². The van der Waals surface area contributed by atoms with Crippen molar-refractivity contribution in [3.8, 4) is 0 Å². The number of carbonyl (C=O) groups excluding carboxylic acids is 2. The molecule has 1 aliphatic rings. The lowest BCUT2D eigenvalue weighted by molar-refractivity contribution is -0.168. The van der Waals surface area contributed by atoms with Crippen molar-refractivity contribution in [2.75, 3.05) is 45.2 Å². The van der Waals surface area contributed by atoms with Gasteiger partial charge in [-0.3, -0.25) is 9.63 Å². The van der Waals surface area contributed by atoms with Crippen molar-refractivity contribution < 1.29 is 19.2 Å². The van der Waals surface area contributed by atoms with Crippen LogP contribution in [0.15, 0.2) is 6.33 Å². The fourth-order valence-corrected chi connectivity index (χ4v) is 2.97. The number of aryl methyl sites for hydroxylation is 1. The molecule has 9 nitrogen and oxygen atoms in total. The van der Waals surface area contributed by atoms with Gasteiger partial charge < -0.3 is 14.5 Å². The Labute approximate surface area is 180 Å². The van der Waals surface area contributed by atoms with Gasteiger partial charge in [-0.15, -0.1) is 0 Å². The number of hydroxylamine groups is 2. The van der Waals surface area contributed by atoms with Crippen LogP contribution in [0.3, 0.4) is 0 Å². The summed E-state index contributed by atoms with van der Waals surface area (Å²) in [7, 11) is 3.05. The molecule has 1 saturated heterocycles. The third-order valence-corrected chi connectivity index (χ3v) is 4.58. The molecule has 0 atom stereocenters. The maximum atomic E-state index is 12.3. The smallest absolute Gasteiger partial charge is 0.410 e. The highest BCUT2D eigenvalue weighted by molar-refractivity contribution is 5.75. The zero-order valence-electron chi connectivity index (χ0n) is 19.7. The van der Waals surface area contributed by atoms with Gasteiger partial charge in [-0.25, -0.2) is 19.8 Å². The number of carbonyl (C=O) groups is 2. The highest BCUT2D eigenvalue weighted by Crippen LogP contribution is 2.23. The second-order valence-electron chi connectivity index (χ2n) is 7.79. The predicted octanol–water partition coefficient (Wildman–Crippen LogP) is 2.82. The monoisotopic (exact) mass is 423 g/mol. The minimum Gasteiger partial charge on any atom is -0.444 e. The van der Waals surface area contributed by atoms with Crippen LogP contribution in [0.4, 0.5) is 10.6 Å². The Kier molecular flexibility index (Phi) is 9.98. The highest BCUT2D eigenvalue weighted by atomic mass is 16.7. The van der Waals surface area contributed by atoms with Gasteiger partial charge in [0, 0.05) is 50.9 Å². The van der Waals surface area contributed by atoms with Crippen molar-refractivity contribution in [2.24, 2.45) is 0 Å². The van der Waals surface area contributed by atoms with Gasteiger partial charge in [0.2, 0.25) is 5.91 Å². The van der Waals surface area contributed by atoms with E-state index in [0.29, 0.717) is 39.0 Å². The van der Waals surface area contributed by atoms with Crippen molar-refractivity contribution >= 4 is 17.8 Å². The van der Waals surface area contributed by atoms with E-state index >= 15 is 0 Å². The lowest BCUT2D eigenvalue weighted by Crippen LogP contribution is -2.50. The van der Waals surface area contributed by atoms with Gasteiger partial charge in [-0.1, -0.05) is 13.8 Å². The topological polar surface area (TPSA) is 88.1 Å². The summed E-state index contributed by atoms with van der Waals surface area (Å²) in [4.78, 5) is 41.8. The molecule has 0 aromatic carbocycles. The van der Waals surface area contributed by atoms with Crippen molar-refractivity contribution in [3.05, 3.63) is 17.6 Å². The van der Waals surface area contributed by atoms with Crippen molar-refractivity contribution in [3.63, 3.8) is 0 Å². The zero-order chi connectivity index (χ0) is 22.9. The molecule has 0 N–H and O–H groups in total. The van der Waals surface area contributed by atoms with Crippen LogP contribution in [0.1, 0.15) is 52.3 Å². The summed E-state index contributed by atoms with van der Waals surface area (Å²) in [5.74, 6) is 0.718. The number of nitrogens with zero attached hydrogens (tertiary/aromatic N) is 5. The van der Waals surface area contributed by atoms with Gasteiger partial charge in [0.15, 0.2) is 0 Å². The highest BCUT2D eigenvalue weighted by Gasteiger charge is 2.27. The fourth-order valence-electron chi connectivity index (χ4n) is 2.97. The zero-order valence-corrected chi connectivity index (χ0v) is 19.7. The Balaban J connectivity index is 0.00000218. The standard InChI is InChI=1S/C19H31N5O4.C2H6/c1-14-15(7-8-16(25)22(5)27-6)17(21-13-20-14)23-9-11-24(12-10-23)18(26)28-19(2,3)4;1-2/h13H,7-12H2,1-6H3;1-2H3. The van der Waals surface area contributed by atoms with Crippen molar-refractivity contribution in [1.82, 2.24) is 19.9 Å². The first-order valence-corrected chi connectivity index (χ1v) is 10.5. The summed E-state index contributed by atoms with van der Waals surface area (Å²) in [6.45, 7) is 13.9. The van der Waals surface area contributed by atoms with E-state index in [4.69, 9.17) is 9.57 Å². The maximum absolute atomic E-state index is 12.3. The first-order valence-electron chi connectivity index (χ1n) is 10.5. The molecular weight excluding hydrogens is 386 g/mol. The third kappa shape index (κ3) is 7.44. The quantitative estimate of drug-likeness (QED) is 0.673. The van der Waals surface area contributed by atoms with Crippen LogP contribution >= 0.6 is 0 Å². The van der Waals surface area contributed by atoms with E-state index in [-0.39, 0.29) is 12.0 Å². The molecule has 2 amide bonds. The molecule has 170 valence electrons. The van der Waals surface area contributed by atoms with Crippen LogP contribution in [0.25, 0.3) is 0 Å². The molecule has 0 aliphatic carbocycles. The van der Waals surface area contributed by atoms with E-state index < -0.39 is 5.60 Å². The molecule has 1 aromatic rings. The number of rotatable bonds is 5. The van der Waals surface area contributed by atoms with Crippen LogP contribution in [0, 0.1) is 6.92 Å². The molecule has 0 bridgehead atoms. The average molecular weight is 424 g/mol. The maximum Gasteiger partial charge on any atom is 0.410 e. The van der Waals surface area contributed by atoms with Crippen LogP contribution in [0.5, 0.6) is 0 Å². The molecule has 0 radical (unpaired) electrons. The van der Waals surface area contributed by atoms with Crippen LogP contribution in [-0.2, 0) is 20.8 Å². The predicted molar refractivity (Wildman–Crippen MR) is 116 cm³/mol. The van der Waals surface area contributed by atoms with Crippen LogP contribution in [0.2, 0.25) is 0 Å². The number of piperazine rings is 1. The van der Waals surface area contributed by atoms with Crippen LogP contribution in [-0.4, -0.2) is 77.9 Å². The Morgan fingerprint density at radius 2 is 1.73 bits per heavy atom. The number of anilines is 1. The lowest BCUT2D eigenvalue weighted by Gasteiger charge is -2.37. The van der Waals surface area contributed by atoms with Gasteiger partial charge in [-0.2, -0.15) is 0 Å². The number of aromatic nitrogens is 2. The van der Waals surface area contributed by atoms with Gasteiger partial charge >= 0.3 is 6.09 Å². The van der Waals surface area contributed by atoms with E-state index in [1.54, 1.807) is 11.9 Å². The average Bonchev–Trinajstić information content (AvgIpc) is 2.72. The van der Waals surface area contributed by atoms with Crippen molar-refractivity contribution in [1.29, 1.82) is 0 Å². The molecule has 1 aromatic heterocycles. The van der Waals surface area contributed by atoms with E-state index in [2.05, 4.69) is 14.9 Å². The van der Waals surface area contributed by atoms with Crippen LogP contribution < -0.4 is 4.90 Å². The summed E-state index contributed by atoms with van der Waals surface area (Å²) in [5, 5.41) is 1.22. The molecule has 30 heavy (non-hydrogen) atoms. The fraction of sp³-hybridized carbons (Fsp3) is 0.714. The Bertz CT molecular complexity index is 697. The molecule has 0 unspecified atom stereocenters. The Morgan fingerprint density at radius 3 is 2.27 bits per heavy atom. The van der Waals surface area contributed by atoms with Crippen molar-refractivity contribution in [2.45, 2.75) is 60.0 Å². The Morgan fingerprint density at radius 1 is 1.13 bits per heavy atom.